The van der Waals surface area contributed by atoms with Crippen molar-refractivity contribution >= 4 is 17.2 Å². The third-order valence-corrected chi connectivity index (χ3v) is 4.59. The summed E-state index contributed by atoms with van der Waals surface area (Å²) in [6, 6.07) is 11.4. The van der Waals surface area contributed by atoms with Gasteiger partial charge in [-0.3, -0.25) is 4.79 Å². The summed E-state index contributed by atoms with van der Waals surface area (Å²) >= 11 is 1.54. The number of carbonyl (C=O) groups is 1. The topological polar surface area (TPSA) is 64.4 Å². The van der Waals surface area contributed by atoms with Gasteiger partial charge in [-0.15, -0.1) is 11.3 Å². The number of nitrogens with one attached hydrogen (secondary N) is 1. The summed E-state index contributed by atoms with van der Waals surface area (Å²) < 4.78 is 10.9. The summed E-state index contributed by atoms with van der Waals surface area (Å²) in [7, 11) is 0. The second-order valence-corrected chi connectivity index (χ2v) is 6.30. The normalized spacial score (nSPS) is 10.6. The minimum Gasteiger partial charge on any atom is -0.491 e. The minimum atomic E-state index is -0.272. The van der Waals surface area contributed by atoms with Gasteiger partial charge in [-0.1, -0.05) is 23.4 Å². The molecule has 0 aliphatic carbocycles. The summed E-state index contributed by atoms with van der Waals surface area (Å²) in [4.78, 5) is 13.0. The number of ether oxygens (including phenoxy) is 1. The van der Waals surface area contributed by atoms with Crippen LogP contribution in [0.2, 0.25) is 0 Å². The molecular formula is C18H18N2O3S. The van der Waals surface area contributed by atoms with E-state index in [1.807, 2.05) is 49.6 Å². The molecule has 124 valence electrons. The van der Waals surface area contributed by atoms with Crippen molar-refractivity contribution in [1.29, 1.82) is 0 Å². The number of amides is 1. The maximum Gasteiger partial charge on any atom is 0.273 e. The van der Waals surface area contributed by atoms with Crippen molar-refractivity contribution < 1.29 is 14.1 Å². The molecule has 0 aliphatic rings. The molecule has 6 heteroatoms. The Hall–Kier alpha value is -2.60. The number of nitrogens with zero attached hydrogens (tertiary/aromatic N) is 1. The van der Waals surface area contributed by atoms with Crippen molar-refractivity contribution in [2.45, 2.75) is 13.8 Å². The van der Waals surface area contributed by atoms with Crippen LogP contribution in [0.25, 0.3) is 10.6 Å². The van der Waals surface area contributed by atoms with Gasteiger partial charge in [0.25, 0.3) is 5.91 Å². The molecule has 0 unspecified atom stereocenters. The Labute approximate surface area is 144 Å². The van der Waals surface area contributed by atoms with Crippen LogP contribution < -0.4 is 10.1 Å². The molecule has 0 fully saturated rings. The minimum absolute atomic E-state index is 0.269. The van der Waals surface area contributed by atoms with Crippen molar-refractivity contribution in [1.82, 2.24) is 10.5 Å². The van der Waals surface area contributed by atoms with Gasteiger partial charge in [0, 0.05) is 6.07 Å². The van der Waals surface area contributed by atoms with E-state index in [1.165, 1.54) is 16.9 Å². The van der Waals surface area contributed by atoms with Gasteiger partial charge in [-0.05, 0) is 42.5 Å². The van der Waals surface area contributed by atoms with Gasteiger partial charge in [0.15, 0.2) is 11.5 Å². The summed E-state index contributed by atoms with van der Waals surface area (Å²) in [5.41, 5.74) is 2.56. The lowest BCUT2D eigenvalue weighted by atomic mass is 10.1. The highest BCUT2D eigenvalue weighted by Crippen LogP contribution is 2.25. The molecule has 0 spiro atoms. The molecule has 3 rings (SSSR count). The van der Waals surface area contributed by atoms with Crippen molar-refractivity contribution in [2.75, 3.05) is 13.2 Å². The number of benzene rings is 1. The molecule has 5 nitrogen and oxygen atoms in total. The lowest BCUT2D eigenvalue weighted by Crippen LogP contribution is -2.28. The van der Waals surface area contributed by atoms with Crippen molar-refractivity contribution in [3.63, 3.8) is 0 Å². The molecular weight excluding hydrogens is 324 g/mol. The molecule has 24 heavy (non-hydrogen) atoms. The monoisotopic (exact) mass is 342 g/mol. The maximum atomic E-state index is 12.1. The summed E-state index contributed by atoms with van der Waals surface area (Å²) in [6.45, 7) is 4.85. The quantitative estimate of drug-likeness (QED) is 0.692. The molecule has 0 radical (unpaired) electrons. The summed E-state index contributed by atoms with van der Waals surface area (Å²) in [5, 5.41) is 8.54. The van der Waals surface area contributed by atoms with Gasteiger partial charge in [0.1, 0.15) is 12.4 Å². The van der Waals surface area contributed by atoms with E-state index < -0.39 is 0 Å². The SMILES string of the molecule is Cc1cccc(OCCNC(=O)c2cc(-c3cccs3)on2)c1C. The van der Waals surface area contributed by atoms with Crippen molar-refractivity contribution in [3.8, 4) is 16.4 Å². The van der Waals surface area contributed by atoms with Gasteiger partial charge in [0.05, 0.1) is 11.4 Å². The van der Waals surface area contributed by atoms with Gasteiger partial charge in [-0.2, -0.15) is 0 Å². The molecule has 0 saturated carbocycles. The highest BCUT2D eigenvalue weighted by Gasteiger charge is 2.13. The number of hydrogen-bond donors (Lipinski definition) is 1. The largest absolute Gasteiger partial charge is 0.491 e. The predicted molar refractivity (Wildman–Crippen MR) is 93.6 cm³/mol. The molecule has 0 saturated heterocycles. The molecule has 0 atom stereocenters. The Morgan fingerprint density at radius 2 is 2.17 bits per heavy atom. The predicted octanol–water partition coefficient (Wildman–Crippen LogP) is 3.83. The van der Waals surface area contributed by atoms with E-state index in [0.717, 1.165) is 16.2 Å². The van der Waals surface area contributed by atoms with Crippen LogP contribution in [0.4, 0.5) is 0 Å². The zero-order chi connectivity index (χ0) is 16.9. The van der Waals surface area contributed by atoms with Crippen LogP contribution >= 0.6 is 11.3 Å². The lowest BCUT2D eigenvalue weighted by molar-refractivity contribution is 0.0938. The highest BCUT2D eigenvalue weighted by atomic mass is 32.1. The van der Waals surface area contributed by atoms with E-state index in [4.69, 9.17) is 9.26 Å². The third-order valence-electron chi connectivity index (χ3n) is 3.71. The number of thiophene rings is 1. The number of rotatable bonds is 6. The maximum absolute atomic E-state index is 12.1. The lowest BCUT2D eigenvalue weighted by Gasteiger charge is -2.10. The highest BCUT2D eigenvalue weighted by molar-refractivity contribution is 7.13. The average molecular weight is 342 g/mol. The Morgan fingerprint density at radius 1 is 1.29 bits per heavy atom. The second kappa shape index (κ2) is 7.31. The van der Waals surface area contributed by atoms with Crippen LogP contribution in [-0.4, -0.2) is 24.2 Å². The second-order valence-electron chi connectivity index (χ2n) is 5.36. The van der Waals surface area contributed by atoms with Gasteiger partial charge in [-0.25, -0.2) is 0 Å². The fraction of sp³-hybridized carbons (Fsp3) is 0.222. The summed E-state index contributed by atoms with van der Waals surface area (Å²) in [5.74, 6) is 1.17. The molecule has 2 heterocycles. The van der Waals surface area contributed by atoms with E-state index in [1.54, 1.807) is 6.07 Å². The third kappa shape index (κ3) is 3.65. The first-order valence-electron chi connectivity index (χ1n) is 7.63. The smallest absolute Gasteiger partial charge is 0.273 e. The van der Waals surface area contributed by atoms with Crippen molar-refractivity contribution in [2.24, 2.45) is 0 Å². The van der Waals surface area contributed by atoms with Crippen LogP contribution in [0.15, 0.2) is 46.3 Å². The van der Waals surface area contributed by atoms with Gasteiger partial charge in [0.2, 0.25) is 0 Å². The van der Waals surface area contributed by atoms with E-state index >= 15 is 0 Å². The number of aromatic nitrogens is 1. The molecule has 0 aliphatic heterocycles. The first-order chi connectivity index (χ1) is 11.6. The molecule has 3 aromatic rings. The Bertz CT molecular complexity index is 825. The molecule has 1 aromatic carbocycles. The Morgan fingerprint density at radius 3 is 2.96 bits per heavy atom. The Kier molecular flexibility index (Phi) is 4.96. The Balaban J connectivity index is 1.50. The standard InChI is InChI=1S/C18H18N2O3S/c1-12-5-3-6-15(13(12)2)22-9-8-19-18(21)14-11-16(23-20-14)17-7-4-10-24-17/h3-7,10-11H,8-9H2,1-2H3,(H,19,21). The van der Waals surface area contributed by atoms with E-state index in [9.17, 15) is 4.79 Å². The molecule has 0 bridgehead atoms. The van der Waals surface area contributed by atoms with E-state index in [2.05, 4.69) is 10.5 Å². The average Bonchev–Trinajstić information content (AvgIpc) is 3.26. The van der Waals surface area contributed by atoms with E-state index in [-0.39, 0.29) is 11.6 Å². The van der Waals surface area contributed by atoms with Crippen LogP contribution in [0.3, 0.4) is 0 Å². The fourth-order valence-corrected chi connectivity index (χ4v) is 2.89. The number of carbonyl (C=O) groups excluding carboxylic acids is 1. The first kappa shape index (κ1) is 16.3. The van der Waals surface area contributed by atoms with Crippen molar-refractivity contribution in [3.05, 3.63) is 58.6 Å². The molecule has 2 aromatic heterocycles. The van der Waals surface area contributed by atoms with Crippen LogP contribution in [-0.2, 0) is 0 Å². The number of hydrogen-bond acceptors (Lipinski definition) is 5. The van der Waals surface area contributed by atoms with Gasteiger partial charge >= 0.3 is 0 Å². The van der Waals surface area contributed by atoms with Crippen LogP contribution in [0.5, 0.6) is 5.75 Å². The van der Waals surface area contributed by atoms with Gasteiger partial charge < -0.3 is 14.6 Å². The number of aryl methyl sites for hydroxylation is 1. The zero-order valence-corrected chi connectivity index (χ0v) is 14.4. The van der Waals surface area contributed by atoms with Crippen LogP contribution in [0, 0.1) is 13.8 Å². The fourth-order valence-electron chi connectivity index (χ4n) is 2.21. The zero-order valence-electron chi connectivity index (χ0n) is 13.5. The molecule has 1 amide bonds. The van der Waals surface area contributed by atoms with E-state index in [0.29, 0.717) is 18.9 Å². The van der Waals surface area contributed by atoms with Crippen LogP contribution in [0.1, 0.15) is 21.6 Å². The summed E-state index contributed by atoms with van der Waals surface area (Å²) in [6.07, 6.45) is 0. The first-order valence-corrected chi connectivity index (χ1v) is 8.51. The molecule has 1 N–H and O–H groups in total.